The molecule has 7 nitrogen and oxygen atoms in total. The Labute approximate surface area is 171 Å². The minimum Gasteiger partial charge on any atom is -0.434 e. The molecule has 1 amide bonds. The minimum atomic E-state index is -2.99. The van der Waals surface area contributed by atoms with E-state index in [1.807, 2.05) is 0 Å². The Morgan fingerprint density at radius 1 is 1.23 bits per heavy atom. The molecule has 1 aromatic heterocycles. The lowest BCUT2D eigenvalue weighted by Gasteiger charge is -2.12. The van der Waals surface area contributed by atoms with Crippen LogP contribution in [-0.2, 0) is 6.54 Å². The predicted molar refractivity (Wildman–Crippen MR) is 109 cm³/mol. The van der Waals surface area contributed by atoms with Gasteiger partial charge in [0.2, 0.25) is 0 Å². The SMILES string of the molecule is CCn1nc(C(=O)N/N=C(/C)c2cc(C)ccc2OC(F)F)c2ccccc2c1=O. The number of halogens is 2. The molecule has 0 atom stereocenters. The number of rotatable bonds is 6. The topological polar surface area (TPSA) is 85.6 Å². The molecule has 0 aliphatic heterocycles. The Hall–Kier alpha value is -3.62. The van der Waals surface area contributed by atoms with Crippen LogP contribution in [0, 0.1) is 6.92 Å². The number of aryl methyl sites for hydroxylation is 2. The first-order valence-corrected chi connectivity index (χ1v) is 9.22. The van der Waals surface area contributed by atoms with Crippen molar-refractivity contribution in [3.63, 3.8) is 0 Å². The maximum absolute atomic E-state index is 12.8. The highest BCUT2D eigenvalue weighted by molar-refractivity contribution is 6.06. The molecule has 0 spiro atoms. The highest BCUT2D eigenvalue weighted by atomic mass is 19.3. The highest BCUT2D eigenvalue weighted by Gasteiger charge is 2.17. The Morgan fingerprint density at radius 3 is 2.60 bits per heavy atom. The van der Waals surface area contributed by atoms with Crippen molar-refractivity contribution in [2.75, 3.05) is 0 Å². The van der Waals surface area contributed by atoms with Crippen molar-refractivity contribution in [2.45, 2.75) is 33.9 Å². The van der Waals surface area contributed by atoms with E-state index in [1.165, 1.54) is 10.7 Å². The van der Waals surface area contributed by atoms with Crippen molar-refractivity contribution in [3.8, 4) is 5.75 Å². The van der Waals surface area contributed by atoms with E-state index in [4.69, 9.17) is 0 Å². The van der Waals surface area contributed by atoms with Crippen molar-refractivity contribution in [1.82, 2.24) is 15.2 Å². The average Bonchev–Trinajstić information content (AvgIpc) is 2.73. The smallest absolute Gasteiger partial charge is 0.387 e. The van der Waals surface area contributed by atoms with E-state index in [9.17, 15) is 18.4 Å². The lowest BCUT2D eigenvalue weighted by atomic mass is 10.1. The van der Waals surface area contributed by atoms with Crippen LogP contribution in [0.25, 0.3) is 10.8 Å². The molecule has 0 aliphatic carbocycles. The molecule has 0 fully saturated rings. The maximum atomic E-state index is 12.8. The molecule has 30 heavy (non-hydrogen) atoms. The van der Waals surface area contributed by atoms with Crippen LogP contribution in [0.4, 0.5) is 8.78 Å². The molecule has 1 N–H and O–H groups in total. The molecule has 0 radical (unpaired) electrons. The van der Waals surface area contributed by atoms with Gasteiger partial charge in [0, 0.05) is 17.5 Å². The van der Waals surface area contributed by atoms with Gasteiger partial charge < -0.3 is 4.74 Å². The molecular weight excluding hydrogens is 394 g/mol. The van der Waals surface area contributed by atoms with Gasteiger partial charge in [-0.1, -0.05) is 29.8 Å². The predicted octanol–water partition coefficient (Wildman–Crippen LogP) is 3.48. The first-order chi connectivity index (χ1) is 14.3. The second-order valence-corrected chi connectivity index (χ2v) is 6.53. The second kappa shape index (κ2) is 8.81. The van der Waals surface area contributed by atoms with Gasteiger partial charge in [-0.3, -0.25) is 9.59 Å². The zero-order valence-corrected chi connectivity index (χ0v) is 16.6. The number of hydrogen-bond acceptors (Lipinski definition) is 5. The monoisotopic (exact) mass is 414 g/mol. The number of nitrogens with zero attached hydrogens (tertiary/aromatic N) is 3. The molecule has 0 saturated carbocycles. The van der Waals surface area contributed by atoms with Crippen LogP contribution >= 0.6 is 0 Å². The van der Waals surface area contributed by atoms with Gasteiger partial charge in [-0.05, 0) is 39.0 Å². The fourth-order valence-electron chi connectivity index (χ4n) is 2.99. The number of amides is 1. The van der Waals surface area contributed by atoms with Gasteiger partial charge in [-0.2, -0.15) is 19.0 Å². The Morgan fingerprint density at radius 2 is 1.93 bits per heavy atom. The molecule has 0 bridgehead atoms. The van der Waals surface area contributed by atoms with Crippen LogP contribution < -0.4 is 15.7 Å². The van der Waals surface area contributed by atoms with Gasteiger partial charge in [0.15, 0.2) is 5.69 Å². The van der Waals surface area contributed by atoms with Crippen LogP contribution in [-0.4, -0.2) is 28.0 Å². The minimum absolute atomic E-state index is 0.0388. The third kappa shape index (κ3) is 4.35. The third-order valence-electron chi connectivity index (χ3n) is 4.45. The Kier molecular flexibility index (Phi) is 6.20. The molecule has 3 rings (SSSR count). The summed E-state index contributed by atoms with van der Waals surface area (Å²) in [5, 5.41) is 8.93. The normalized spacial score (nSPS) is 11.7. The summed E-state index contributed by atoms with van der Waals surface area (Å²) >= 11 is 0. The van der Waals surface area contributed by atoms with Crippen molar-refractivity contribution in [3.05, 3.63) is 69.6 Å². The summed E-state index contributed by atoms with van der Waals surface area (Å²) in [5.74, 6) is -0.675. The zero-order chi connectivity index (χ0) is 21.8. The number of hydrogen-bond donors (Lipinski definition) is 1. The molecule has 2 aromatic carbocycles. The van der Waals surface area contributed by atoms with E-state index < -0.39 is 12.5 Å². The van der Waals surface area contributed by atoms with Crippen molar-refractivity contribution >= 4 is 22.4 Å². The van der Waals surface area contributed by atoms with Crippen LogP contribution in [0.1, 0.15) is 35.5 Å². The van der Waals surface area contributed by atoms with E-state index in [1.54, 1.807) is 57.2 Å². The van der Waals surface area contributed by atoms with Crippen LogP contribution in [0.3, 0.4) is 0 Å². The van der Waals surface area contributed by atoms with Crippen molar-refractivity contribution in [2.24, 2.45) is 5.10 Å². The Balaban J connectivity index is 1.96. The molecule has 1 heterocycles. The van der Waals surface area contributed by atoms with E-state index in [0.717, 1.165) is 5.56 Å². The number of ether oxygens (including phenoxy) is 1. The molecule has 9 heteroatoms. The third-order valence-corrected chi connectivity index (χ3v) is 4.45. The number of hydrazone groups is 1. The van der Waals surface area contributed by atoms with Gasteiger partial charge in [0.05, 0.1) is 11.1 Å². The fourth-order valence-corrected chi connectivity index (χ4v) is 2.99. The molecule has 0 unspecified atom stereocenters. The van der Waals surface area contributed by atoms with Crippen molar-refractivity contribution < 1.29 is 18.3 Å². The lowest BCUT2D eigenvalue weighted by Crippen LogP contribution is -2.29. The largest absolute Gasteiger partial charge is 0.434 e. The molecule has 0 saturated heterocycles. The number of carbonyl (C=O) groups excluding carboxylic acids is 1. The number of benzene rings is 2. The van der Waals surface area contributed by atoms with E-state index in [-0.39, 0.29) is 22.7 Å². The summed E-state index contributed by atoms with van der Waals surface area (Å²) in [7, 11) is 0. The molecule has 0 aliphatic rings. The van der Waals surface area contributed by atoms with Crippen LogP contribution in [0.5, 0.6) is 5.75 Å². The summed E-state index contributed by atoms with van der Waals surface area (Å²) in [5.41, 5.74) is 3.55. The van der Waals surface area contributed by atoms with E-state index >= 15 is 0 Å². The second-order valence-electron chi connectivity index (χ2n) is 6.53. The number of fused-ring (bicyclic) bond motifs is 1. The van der Waals surface area contributed by atoms with E-state index in [2.05, 4.69) is 20.4 Å². The van der Waals surface area contributed by atoms with Gasteiger partial charge in [-0.25, -0.2) is 10.1 Å². The fraction of sp³-hybridized carbons (Fsp3) is 0.238. The standard InChI is InChI=1S/C21H20F2N4O3/c1-4-27-20(29)15-8-6-5-7-14(15)18(26-27)19(28)25-24-13(3)16-11-12(2)9-10-17(16)30-21(22)23/h5-11,21H,4H2,1-3H3,(H,25,28)/b24-13-. The number of nitrogens with one attached hydrogen (secondary N) is 1. The Bertz CT molecular complexity index is 1190. The van der Waals surface area contributed by atoms with Gasteiger partial charge in [0.25, 0.3) is 11.5 Å². The number of aromatic nitrogens is 2. The summed E-state index contributed by atoms with van der Waals surface area (Å²) in [6, 6.07) is 11.3. The number of carbonyl (C=O) groups is 1. The molecular formula is C21H20F2N4O3. The first-order valence-electron chi connectivity index (χ1n) is 9.22. The summed E-state index contributed by atoms with van der Waals surface area (Å²) in [6.07, 6.45) is 0. The van der Waals surface area contributed by atoms with Crippen LogP contribution in [0.2, 0.25) is 0 Å². The lowest BCUT2D eigenvalue weighted by molar-refractivity contribution is -0.0499. The van der Waals surface area contributed by atoms with Crippen LogP contribution in [0.15, 0.2) is 52.4 Å². The molecule has 3 aromatic rings. The average molecular weight is 414 g/mol. The first kappa shape index (κ1) is 21.1. The van der Waals surface area contributed by atoms with Gasteiger partial charge >= 0.3 is 6.61 Å². The summed E-state index contributed by atoms with van der Waals surface area (Å²) in [4.78, 5) is 25.2. The number of alkyl halides is 2. The quantitative estimate of drug-likeness (QED) is 0.494. The molecule has 156 valence electrons. The zero-order valence-electron chi connectivity index (χ0n) is 16.6. The van der Waals surface area contributed by atoms with Gasteiger partial charge in [0.1, 0.15) is 5.75 Å². The maximum Gasteiger partial charge on any atom is 0.387 e. The summed E-state index contributed by atoms with van der Waals surface area (Å²) in [6.45, 7) is 2.41. The highest BCUT2D eigenvalue weighted by Crippen LogP contribution is 2.23. The summed E-state index contributed by atoms with van der Waals surface area (Å²) < 4.78 is 31.1. The van der Waals surface area contributed by atoms with Gasteiger partial charge in [-0.15, -0.1) is 0 Å². The van der Waals surface area contributed by atoms with E-state index in [0.29, 0.717) is 22.9 Å². The van der Waals surface area contributed by atoms with Crippen molar-refractivity contribution in [1.29, 1.82) is 0 Å².